The van der Waals surface area contributed by atoms with Crippen molar-refractivity contribution in [1.29, 1.82) is 5.26 Å². The molecule has 1 heterocycles. The van der Waals surface area contributed by atoms with Crippen LogP contribution < -0.4 is 5.32 Å². The number of thioether (sulfide) groups is 1. The molecule has 4 heteroatoms. The Bertz CT molecular complexity index is 444. The molecule has 2 rings (SSSR count). The van der Waals surface area contributed by atoms with Crippen molar-refractivity contribution in [3.63, 3.8) is 0 Å². The van der Waals surface area contributed by atoms with Gasteiger partial charge in [0, 0.05) is 5.69 Å². The van der Waals surface area contributed by atoms with Crippen LogP contribution in [0.3, 0.4) is 0 Å². The van der Waals surface area contributed by atoms with Gasteiger partial charge in [0.25, 0.3) is 0 Å². The fourth-order valence-electron chi connectivity index (χ4n) is 1.97. The maximum absolute atomic E-state index is 12.0. The van der Waals surface area contributed by atoms with Gasteiger partial charge in [-0.05, 0) is 36.3 Å². The lowest BCUT2D eigenvalue weighted by molar-refractivity contribution is -0.115. The third kappa shape index (κ3) is 3.51. The van der Waals surface area contributed by atoms with Crippen LogP contribution in [0.25, 0.3) is 0 Å². The van der Waals surface area contributed by atoms with Gasteiger partial charge >= 0.3 is 0 Å². The third-order valence-electron chi connectivity index (χ3n) is 2.98. The summed E-state index contributed by atoms with van der Waals surface area (Å²) < 4.78 is 0. The highest BCUT2D eigenvalue weighted by Gasteiger charge is 2.21. The van der Waals surface area contributed by atoms with Crippen LogP contribution in [0.15, 0.2) is 24.3 Å². The molecule has 1 N–H and O–H groups in total. The quantitative estimate of drug-likeness (QED) is 0.909. The second-order valence-electron chi connectivity index (χ2n) is 4.38. The van der Waals surface area contributed by atoms with E-state index in [1.165, 1.54) is 6.42 Å². The van der Waals surface area contributed by atoms with E-state index in [1.54, 1.807) is 11.8 Å². The van der Waals surface area contributed by atoms with E-state index in [9.17, 15) is 4.79 Å². The van der Waals surface area contributed by atoms with Gasteiger partial charge in [-0.25, -0.2) is 0 Å². The molecule has 0 spiro atoms. The smallest absolute Gasteiger partial charge is 0.237 e. The average Bonchev–Trinajstić information content (AvgIpc) is 2.42. The van der Waals surface area contributed by atoms with Crippen molar-refractivity contribution in [2.75, 3.05) is 11.1 Å². The number of carbonyl (C=O) groups excluding carboxylic acids is 1. The van der Waals surface area contributed by atoms with Gasteiger partial charge in [-0.3, -0.25) is 4.79 Å². The molecule has 1 aromatic rings. The largest absolute Gasteiger partial charge is 0.325 e. The summed E-state index contributed by atoms with van der Waals surface area (Å²) in [5.41, 5.74) is 1.79. The second-order valence-corrected chi connectivity index (χ2v) is 5.69. The van der Waals surface area contributed by atoms with Crippen LogP contribution in [0.5, 0.6) is 0 Å². The lowest BCUT2D eigenvalue weighted by Gasteiger charge is -2.20. The molecule has 3 nitrogen and oxygen atoms in total. The third-order valence-corrected chi connectivity index (χ3v) is 4.35. The molecular weight excluding hydrogens is 244 g/mol. The molecule has 1 amide bonds. The molecule has 0 aromatic heterocycles. The van der Waals surface area contributed by atoms with Gasteiger partial charge < -0.3 is 5.32 Å². The maximum Gasteiger partial charge on any atom is 0.237 e. The Labute approximate surface area is 112 Å². The lowest BCUT2D eigenvalue weighted by Crippen LogP contribution is -2.27. The van der Waals surface area contributed by atoms with Crippen molar-refractivity contribution in [2.24, 2.45) is 0 Å². The standard InChI is InChI=1S/C14H16N2OS/c15-9-8-11-4-6-12(7-5-11)16-14(17)13-3-1-2-10-18-13/h4-7,13H,1-3,8,10H2,(H,16,17). The van der Waals surface area contributed by atoms with Crippen LogP contribution in [0.1, 0.15) is 24.8 Å². The molecule has 94 valence electrons. The number of nitrogens with zero attached hydrogens (tertiary/aromatic N) is 1. The minimum atomic E-state index is 0.0949. The summed E-state index contributed by atoms with van der Waals surface area (Å²) in [5.74, 6) is 1.19. The molecule has 1 aliphatic heterocycles. The molecule has 1 aliphatic rings. The van der Waals surface area contributed by atoms with E-state index in [4.69, 9.17) is 5.26 Å². The van der Waals surface area contributed by atoms with Crippen LogP contribution >= 0.6 is 11.8 Å². The number of rotatable bonds is 3. The van der Waals surface area contributed by atoms with Gasteiger partial charge in [0.05, 0.1) is 17.7 Å². The first-order chi connectivity index (χ1) is 8.79. The summed E-state index contributed by atoms with van der Waals surface area (Å²) in [6.07, 6.45) is 3.75. The van der Waals surface area contributed by atoms with E-state index >= 15 is 0 Å². The van der Waals surface area contributed by atoms with Gasteiger partial charge in [0.2, 0.25) is 5.91 Å². The summed E-state index contributed by atoms with van der Waals surface area (Å²) in [4.78, 5) is 12.0. The molecule has 1 fully saturated rings. The number of hydrogen-bond donors (Lipinski definition) is 1. The van der Waals surface area contributed by atoms with E-state index in [0.717, 1.165) is 29.8 Å². The molecule has 0 aliphatic carbocycles. The summed E-state index contributed by atoms with van der Waals surface area (Å²) >= 11 is 1.75. The number of amides is 1. The first-order valence-electron chi connectivity index (χ1n) is 6.18. The molecule has 1 saturated heterocycles. The van der Waals surface area contributed by atoms with Crippen molar-refractivity contribution in [3.05, 3.63) is 29.8 Å². The first-order valence-corrected chi connectivity index (χ1v) is 7.23. The minimum absolute atomic E-state index is 0.0949. The SMILES string of the molecule is N#CCc1ccc(NC(=O)C2CCCCS2)cc1. The Morgan fingerprint density at radius 3 is 2.78 bits per heavy atom. The average molecular weight is 260 g/mol. The Kier molecular flexibility index (Phi) is 4.66. The monoisotopic (exact) mass is 260 g/mol. The van der Waals surface area contributed by atoms with E-state index < -0.39 is 0 Å². The van der Waals surface area contributed by atoms with Gasteiger partial charge in [-0.2, -0.15) is 5.26 Å². The second kappa shape index (κ2) is 6.46. The molecule has 0 saturated carbocycles. The molecule has 1 unspecified atom stereocenters. The van der Waals surface area contributed by atoms with E-state index in [2.05, 4.69) is 11.4 Å². The highest BCUT2D eigenvalue weighted by Crippen LogP contribution is 2.26. The number of hydrogen-bond acceptors (Lipinski definition) is 3. The summed E-state index contributed by atoms with van der Waals surface area (Å²) in [6, 6.07) is 9.59. The van der Waals surface area contributed by atoms with E-state index in [-0.39, 0.29) is 11.2 Å². The number of carbonyl (C=O) groups is 1. The number of anilines is 1. The zero-order valence-electron chi connectivity index (χ0n) is 10.2. The Morgan fingerprint density at radius 2 is 2.17 bits per heavy atom. The molecule has 1 atom stereocenters. The fourth-order valence-corrected chi connectivity index (χ4v) is 3.17. The fraction of sp³-hybridized carbons (Fsp3) is 0.429. The number of nitrogens with one attached hydrogen (secondary N) is 1. The minimum Gasteiger partial charge on any atom is -0.325 e. The number of nitriles is 1. The predicted octanol–water partition coefficient (Wildman–Crippen LogP) is 2.98. The van der Waals surface area contributed by atoms with Crippen molar-refractivity contribution in [2.45, 2.75) is 30.9 Å². The van der Waals surface area contributed by atoms with Crippen molar-refractivity contribution < 1.29 is 4.79 Å². The van der Waals surface area contributed by atoms with E-state index in [1.807, 2.05) is 24.3 Å². The topological polar surface area (TPSA) is 52.9 Å². The Hall–Kier alpha value is -1.47. The lowest BCUT2D eigenvalue weighted by atomic mass is 10.1. The van der Waals surface area contributed by atoms with Gasteiger partial charge in [-0.15, -0.1) is 11.8 Å². The first kappa shape index (κ1) is 13.0. The molecule has 0 radical (unpaired) electrons. The highest BCUT2D eigenvalue weighted by atomic mass is 32.2. The van der Waals surface area contributed by atoms with Gasteiger partial charge in [-0.1, -0.05) is 18.6 Å². The van der Waals surface area contributed by atoms with Crippen molar-refractivity contribution >= 4 is 23.4 Å². The predicted molar refractivity (Wildman–Crippen MR) is 74.5 cm³/mol. The van der Waals surface area contributed by atoms with Crippen LogP contribution in [0.2, 0.25) is 0 Å². The summed E-state index contributed by atoms with van der Waals surface area (Å²) in [7, 11) is 0. The van der Waals surface area contributed by atoms with Crippen molar-refractivity contribution in [3.8, 4) is 6.07 Å². The van der Waals surface area contributed by atoms with E-state index in [0.29, 0.717) is 6.42 Å². The molecule has 18 heavy (non-hydrogen) atoms. The number of benzene rings is 1. The van der Waals surface area contributed by atoms with Gasteiger partial charge in [0.1, 0.15) is 0 Å². The highest BCUT2D eigenvalue weighted by molar-refractivity contribution is 8.00. The van der Waals surface area contributed by atoms with Crippen molar-refractivity contribution in [1.82, 2.24) is 0 Å². The molecular formula is C14H16N2OS. The van der Waals surface area contributed by atoms with Crippen LogP contribution in [-0.2, 0) is 11.2 Å². The van der Waals surface area contributed by atoms with Crippen LogP contribution in [-0.4, -0.2) is 16.9 Å². The normalized spacial score (nSPS) is 18.9. The molecule has 1 aromatic carbocycles. The zero-order valence-corrected chi connectivity index (χ0v) is 11.0. The Balaban J connectivity index is 1.92. The summed E-state index contributed by atoms with van der Waals surface area (Å²) in [5, 5.41) is 11.6. The molecule has 0 bridgehead atoms. The summed E-state index contributed by atoms with van der Waals surface area (Å²) in [6.45, 7) is 0. The van der Waals surface area contributed by atoms with Crippen LogP contribution in [0, 0.1) is 11.3 Å². The Morgan fingerprint density at radius 1 is 1.39 bits per heavy atom. The van der Waals surface area contributed by atoms with Gasteiger partial charge in [0.15, 0.2) is 0 Å². The zero-order chi connectivity index (χ0) is 12.8. The van der Waals surface area contributed by atoms with Crippen LogP contribution in [0.4, 0.5) is 5.69 Å². The maximum atomic E-state index is 12.0.